The van der Waals surface area contributed by atoms with Gasteiger partial charge in [-0.2, -0.15) is 0 Å². The first-order valence-electron chi connectivity index (χ1n) is 5.97. The summed E-state index contributed by atoms with van der Waals surface area (Å²) in [4.78, 5) is 30.8. The van der Waals surface area contributed by atoms with Gasteiger partial charge in [0.25, 0.3) is 11.8 Å². The van der Waals surface area contributed by atoms with Crippen LogP contribution in [-0.2, 0) is 4.79 Å². The Bertz CT molecular complexity index is 721. The number of halogens is 1. The molecule has 0 spiro atoms. The molecule has 1 aliphatic rings. The first-order valence-corrected chi connectivity index (χ1v) is 5.97. The zero-order valence-electron chi connectivity index (χ0n) is 10.6. The molecule has 0 fully saturated rings. The van der Waals surface area contributed by atoms with E-state index in [0.29, 0.717) is 0 Å². The largest absolute Gasteiger partial charge is 0.479 e. The Morgan fingerprint density at radius 2 is 2.24 bits per heavy atom. The molecular formula is C13H9FN4O3. The standard InChI is InChI=1S/C13H9FN4O3/c14-7-3-8-12(21-6-11(19)17-8)9(4-7)18-13(20)10-5-15-1-2-16-10/h1-5H,6H2,(H,17,19)(H,18,20). The predicted molar refractivity (Wildman–Crippen MR) is 70.5 cm³/mol. The van der Waals surface area contributed by atoms with Gasteiger partial charge in [0, 0.05) is 24.5 Å². The quantitative estimate of drug-likeness (QED) is 0.866. The Hall–Kier alpha value is -3.03. The molecule has 106 valence electrons. The molecule has 2 N–H and O–H groups in total. The summed E-state index contributed by atoms with van der Waals surface area (Å²) in [5, 5.41) is 4.96. The maximum absolute atomic E-state index is 13.5. The third-order valence-electron chi connectivity index (χ3n) is 2.72. The minimum Gasteiger partial charge on any atom is -0.479 e. The molecule has 21 heavy (non-hydrogen) atoms. The first-order chi connectivity index (χ1) is 10.1. The first kappa shape index (κ1) is 13.0. The van der Waals surface area contributed by atoms with Crippen LogP contribution in [0, 0.1) is 5.82 Å². The van der Waals surface area contributed by atoms with E-state index in [1.54, 1.807) is 0 Å². The van der Waals surface area contributed by atoms with Crippen LogP contribution in [0.2, 0.25) is 0 Å². The predicted octanol–water partition coefficient (Wildman–Crippen LogP) is 1.20. The lowest BCUT2D eigenvalue weighted by molar-refractivity contribution is -0.118. The van der Waals surface area contributed by atoms with Crippen LogP contribution in [0.5, 0.6) is 5.75 Å². The fourth-order valence-electron chi connectivity index (χ4n) is 1.86. The van der Waals surface area contributed by atoms with Crippen molar-refractivity contribution in [2.45, 2.75) is 0 Å². The number of nitrogens with one attached hydrogen (secondary N) is 2. The van der Waals surface area contributed by atoms with Crippen molar-refractivity contribution in [1.82, 2.24) is 9.97 Å². The second-order valence-electron chi connectivity index (χ2n) is 4.21. The molecular weight excluding hydrogens is 279 g/mol. The third-order valence-corrected chi connectivity index (χ3v) is 2.72. The number of rotatable bonds is 2. The van der Waals surface area contributed by atoms with Gasteiger partial charge >= 0.3 is 0 Å². The van der Waals surface area contributed by atoms with Gasteiger partial charge in [0.1, 0.15) is 11.5 Å². The summed E-state index contributed by atoms with van der Waals surface area (Å²) < 4.78 is 18.8. The summed E-state index contributed by atoms with van der Waals surface area (Å²) in [5.74, 6) is -1.36. The van der Waals surface area contributed by atoms with Crippen molar-refractivity contribution in [3.63, 3.8) is 0 Å². The number of nitrogens with zero attached hydrogens (tertiary/aromatic N) is 2. The zero-order chi connectivity index (χ0) is 14.8. The molecule has 0 saturated heterocycles. The molecule has 1 aliphatic heterocycles. The van der Waals surface area contributed by atoms with Crippen LogP contribution in [0.3, 0.4) is 0 Å². The van der Waals surface area contributed by atoms with Crippen LogP contribution in [0.15, 0.2) is 30.7 Å². The number of benzene rings is 1. The summed E-state index contributed by atoms with van der Waals surface area (Å²) in [6.07, 6.45) is 4.08. The van der Waals surface area contributed by atoms with E-state index in [9.17, 15) is 14.0 Å². The summed E-state index contributed by atoms with van der Waals surface area (Å²) in [5.41, 5.74) is 0.358. The number of carbonyl (C=O) groups is 2. The SMILES string of the molecule is O=C1COc2c(cc(F)cc2NC(=O)c2cnccn2)N1. The van der Waals surface area contributed by atoms with Crippen molar-refractivity contribution >= 4 is 23.2 Å². The van der Waals surface area contributed by atoms with Crippen LogP contribution < -0.4 is 15.4 Å². The van der Waals surface area contributed by atoms with Gasteiger partial charge in [-0.05, 0) is 0 Å². The Kier molecular flexibility index (Phi) is 3.19. The van der Waals surface area contributed by atoms with E-state index in [1.807, 2.05) is 0 Å². The smallest absolute Gasteiger partial charge is 0.275 e. The molecule has 7 nitrogen and oxygen atoms in total. The number of hydrogen-bond donors (Lipinski definition) is 2. The van der Waals surface area contributed by atoms with Gasteiger partial charge in [-0.25, -0.2) is 9.37 Å². The summed E-state index contributed by atoms with van der Waals surface area (Å²) in [7, 11) is 0. The molecule has 0 aliphatic carbocycles. The second kappa shape index (κ2) is 5.16. The van der Waals surface area contributed by atoms with Crippen LogP contribution in [0.1, 0.15) is 10.5 Å². The number of ether oxygens (including phenoxy) is 1. The molecule has 1 aromatic heterocycles. The molecule has 0 atom stereocenters. The van der Waals surface area contributed by atoms with Crippen molar-refractivity contribution in [1.29, 1.82) is 0 Å². The fraction of sp³-hybridized carbons (Fsp3) is 0.0769. The van der Waals surface area contributed by atoms with Gasteiger partial charge in [0.2, 0.25) is 0 Å². The van der Waals surface area contributed by atoms with E-state index in [0.717, 1.165) is 12.1 Å². The number of carbonyl (C=O) groups excluding carboxylic acids is 2. The Labute approximate surface area is 118 Å². The highest BCUT2D eigenvalue weighted by Gasteiger charge is 2.22. The molecule has 8 heteroatoms. The van der Waals surface area contributed by atoms with Crippen LogP contribution >= 0.6 is 0 Å². The van der Waals surface area contributed by atoms with Crippen molar-refractivity contribution in [3.8, 4) is 5.75 Å². The lowest BCUT2D eigenvalue weighted by Gasteiger charge is -2.21. The maximum Gasteiger partial charge on any atom is 0.275 e. The number of amides is 2. The highest BCUT2D eigenvalue weighted by Crippen LogP contribution is 2.36. The van der Waals surface area contributed by atoms with Gasteiger partial charge in [-0.15, -0.1) is 0 Å². The maximum atomic E-state index is 13.5. The number of fused-ring (bicyclic) bond motifs is 1. The lowest BCUT2D eigenvalue weighted by atomic mass is 10.2. The van der Waals surface area contributed by atoms with Gasteiger partial charge in [0.05, 0.1) is 17.6 Å². The summed E-state index contributed by atoms with van der Waals surface area (Å²) in [6, 6.07) is 2.22. The monoisotopic (exact) mass is 288 g/mol. The Morgan fingerprint density at radius 1 is 1.38 bits per heavy atom. The van der Waals surface area contributed by atoms with E-state index >= 15 is 0 Å². The van der Waals surface area contributed by atoms with Crippen LogP contribution in [0.4, 0.5) is 15.8 Å². The van der Waals surface area contributed by atoms with E-state index in [-0.39, 0.29) is 35.3 Å². The van der Waals surface area contributed by atoms with Crippen molar-refractivity contribution in [2.24, 2.45) is 0 Å². The summed E-state index contributed by atoms with van der Waals surface area (Å²) in [6.45, 7) is -0.202. The van der Waals surface area contributed by atoms with Gasteiger partial charge < -0.3 is 15.4 Å². The average molecular weight is 288 g/mol. The Balaban J connectivity index is 1.92. The minimum absolute atomic E-state index is 0.0790. The number of hydrogen-bond acceptors (Lipinski definition) is 5. The fourth-order valence-corrected chi connectivity index (χ4v) is 1.86. The molecule has 0 unspecified atom stereocenters. The number of anilines is 2. The van der Waals surface area contributed by atoms with Crippen LogP contribution in [-0.4, -0.2) is 28.4 Å². The second-order valence-corrected chi connectivity index (χ2v) is 4.21. The van der Waals surface area contributed by atoms with E-state index < -0.39 is 11.7 Å². The topological polar surface area (TPSA) is 93.2 Å². The molecule has 2 aromatic rings. The molecule has 0 saturated carbocycles. The third kappa shape index (κ3) is 2.64. The number of aromatic nitrogens is 2. The highest BCUT2D eigenvalue weighted by atomic mass is 19.1. The van der Waals surface area contributed by atoms with E-state index in [4.69, 9.17) is 4.74 Å². The average Bonchev–Trinajstić information content (AvgIpc) is 2.47. The molecule has 3 rings (SSSR count). The van der Waals surface area contributed by atoms with Crippen molar-refractivity contribution in [3.05, 3.63) is 42.2 Å². The van der Waals surface area contributed by atoms with Crippen molar-refractivity contribution < 1.29 is 18.7 Å². The molecule has 0 bridgehead atoms. The molecule has 2 heterocycles. The van der Waals surface area contributed by atoms with Gasteiger partial charge in [-0.3, -0.25) is 14.6 Å². The van der Waals surface area contributed by atoms with Crippen molar-refractivity contribution in [2.75, 3.05) is 17.2 Å². The van der Waals surface area contributed by atoms with Crippen LogP contribution in [0.25, 0.3) is 0 Å². The van der Waals surface area contributed by atoms with E-state index in [2.05, 4.69) is 20.6 Å². The molecule has 0 radical (unpaired) electrons. The molecule has 1 aromatic carbocycles. The summed E-state index contributed by atoms with van der Waals surface area (Å²) >= 11 is 0. The normalized spacial score (nSPS) is 12.9. The van der Waals surface area contributed by atoms with Gasteiger partial charge in [0.15, 0.2) is 12.4 Å². The van der Waals surface area contributed by atoms with Gasteiger partial charge in [-0.1, -0.05) is 0 Å². The lowest BCUT2D eigenvalue weighted by Crippen LogP contribution is -2.26. The minimum atomic E-state index is -0.617. The molecule has 2 amide bonds. The Morgan fingerprint density at radius 3 is 3.00 bits per heavy atom. The highest BCUT2D eigenvalue weighted by molar-refractivity contribution is 6.05. The van der Waals surface area contributed by atoms with E-state index in [1.165, 1.54) is 18.6 Å². The zero-order valence-corrected chi connectivity index (χ0v) is 10.6.